The summed E-state index contributed by atoms with van der Waals surface area (Å²) >= 11 is 6.05. The van der Waals surface area contributed by atoms with E-state index in [0.29, 0.717) is 39.3 Å². The molecule has 2 fully saturated rings. The van der Waals surface area contributed by atoms with Gasteiger partial charge in [0.15, 0.2) is 0 Å². The summed E-state index contributed by atoms with van der Waals surface area (Å²) in [5, 5.41) is -0.0715. The number of piperazine rings is 1. The van der Waals surface area contributed by atoms with Gasteiger partial charge in [0.25, 0.3) is 0 Å². The average molecular weight is 481 g/mol. The molecule has 4 rings (SSSR count). The van der Waals surface area contributed by atoms with Gasteiger partial charge in [-0.3, -0.25) is 9.59 Å². The highest BCUT2D eigenvalue weighted by atomic mass is 35.5. The van der Waals surface area contributed by atoms with Crippen LogP contribution in [0.4, 0.5) is 19.0 Å². The second kappa shape index (κ2) is 9.21. The Hall–Kier alpha value is -2.81. The summed E-state index contributed by atoms with van der Waals surface area (Å²) in [4.78, 5) is 34.6. The fraction of sp³-hybridized carbons (Fsp3) is 0.435. The zero-order valence-electron chi connectivity index (χ0n) is 18.1. The SMILES string of the molecule is Cc1ccc(CN2C[C@@H](C(=O)N3CCN(c4ncc(C(F)(F)F)cc4Cl)CC3)CC2=O)cc1. The van der Waals surface area contributed by atoms with Crippen molar-refractivity contribution in [3.63, 3.8) is 0 Å². The van der Waals surface area contributed by atoms with Crippen molar-refractivity contribution in [1.82, 2.24) is 14.8 Å². The number of hydrogen-bond donors (Lipinski definition) is 0. The van der Waals surface area contributed by atoms with Crippen molar-refractivity contribution in [2.24, 2.45) is 5.92 Å². The minimum atomic E-state index is -4.51. The number of alkyl halides is 3. The Morgan fingerprint density at radius 3 is 2.42 bits per heavy atom. The summed E-state index contributed by atoms with van der Waals surface area (Å²) in [6, 6.07) is 8.83. The van der Waals surface area contributed by atoms with Crippen LogP contribution in [0.15, 0.2) is 36.5 Å². The van der Waals surface area contributed by atoms with Crippen LogP contribution < -0.4 is 4.90 Å². The second-order valence-corrected chi connectivity index (χ2v) is 8.91. The van der Waals surface area contributed by atoms with Crippen LogP contribution in [0.2, 0.25) is 5.02 Å². The Labute approximate surface area is 194 Å². The zero-order chi connectivity index (χ0) is 23.8. The quantitative estimate of drug-likeness (QED) is 0.668. The Kier molecular flexibility index (Phi) is 6.52. The van der Waals surface area contributed by atoms with Crippen LogP contribution in [0, 0.1) is 12.8 Å². The van der Waals surface area contributed by atoms with Crippen LogP contribution in [-0.4, -0.2) is 59.3 Å². The van der Waals surface area contributed by atoms with Gasteiger partial charge < -0.3 is 14.7 Å². The molecular formula is C23H24ClF3N4O2. The van der Waals surface area contributed by atoms with E-state index in [2.05, 4.69) is 4.98 Å². The predicted octanol–water partition coefficient (Wildman–Crippen LogP) is 3.76. The van der Waals surface area contributed by atoms with Gasteiger partial charge >= 0.3 is 6.18 Å². The van der Waals surface area contributed by atoms with E-state index in [4.69, 9.17) is 11.6 Å². The molecule has 0 N–H and O–H groups in total. The van der Waals surface area contributed by atoms with Gasteiger partial charge in [-0.25, -0.2) is 4.98 Å². The van der Waals surface area contributed by atoms with E-state index in [9.17, 15) is 22.8 Å². The van der Waals surface area contributed by atoms with E-state index >= 15 is 0 Å². The number of hydrogen-bond acceptors (Lipinski definition) is 4. The number of halogens is 4. The van der Waals surface area contributed by atoms with Crippen molar-refractivity contribution in [2.75, 3.05) is 37.6 Å². The molecular weight excluding hydrogens is 457 g/mol. The normalized spacial score (nSPS) is 19.4. The fourth-order valence-electron chi connectivity index (χ4n) is 4.22. The summed E-state index contributed by atoms with van der Waals surface area (Å²) in [6.07, 6.45) is -3.55. The standard InChI is InChI=1S/C23H24ClF3N4O2/c1-15-2-4-16(5-3-15)13-31-14-17(10-20(31)32)22(33)30-8-6-29(7-9-30)21-19(24)11-18(12-28-21)23(25,26)27/h2-5,11-12,17H,6-10,13-14H2,1H3/t17-/m0/s1. The number of aryl methyl sites for hydroxylation is 1. The third-order valence-corrected chi connectivity index (χ3v) is 6.38. The Bertz CT molecular complexity index is 1040. The van der Waals surface area contributed by atoms with Gasteiger partial charge in [0, 0.05) is 51.9 Å². The highest BCUT2D eigenvalue weighted by Gasteiger charge is 2.38. The van der Waals surface area contributed by atoms with Gasteiger partial charge in [0.05, 0.1) is 16.5 Å². The number of pyridine rings is 1. The largest absolute Gasteiger partial charge is 0.417 e. The summed E-state index contributed by atoms with van der Waals surface area (Å²) in [6.45, 7) is 4.45. The van der Waals surface area contributed by atoms with Gasteiger partial charge in [-0.05, 0) is 18.6 Å². The summed E-state index contributed by atoms with van der Waals surface area (Å²) in [5.41, 5.74) is 1.27. The minimum absolute atomic E-state index is 0.0340. The molecule has 6 nitrogen and oxygen atoms in total. The fourth-order valence-corrected chi connectivity index (χ4v) is 4.51. The summed E-state index contributed by atoms with van der Waals surface area (Å²) < 4.78 is 38.5. The second-order valence-electron chi connectivity index (χ2n) is 8.50. The first-order valence-electron chi connectivity index (χ1n) is 10.7. The van der Waals surface area contributed by atoms with Crippen LogP contribution in [0.1, 0.15) is 23.1 Å². The zero-order valence-corrected chi connectivity index (χ0v) is 18.9. The van der Waals surface area contributed by atoms with E-state index < -0.39 is 11.7 Å². The first-order valence-corrected chi connectivity index (χ1v) is 11.1. The van der Waals surface area contributed by atoms with E-state index in [-0.39, 0.29) is 35.0 Å². The molecule has 1 aromatic carbocycles. The van der Waals surface area contributed by atoms with Crippen molar-refractivity contribution < 1.29 is 22.8 Å². The number of nitrogens with zero attached hydrogens (tertiary/aromatic N) is 4. The van der Waals surface area contributed by atoms with Crippen molar-refractivity contribution in [3.8, 4) is 0 Å². The molecule has 3 heterocycles. The van der Waals surface area contributed by atoms with Crippen molar-refractivity contribution >= 4 is 29.2 Å². The van der Waals surface area contributed by atoms with Gasteiger partial charge in [-0.2, -0.15) is 13.2 Å². The molecule has 2 amide bonds. The van der Waals surface area contributed by atoms with Gasteiger partial charge in [-0.1, -0.05) is 41.4 Å². The van der Waals surface area contributed by atoms with Gasteiger partial charge in [0.2, 0.25) is 11.8 Å². The van der Waals surface area contributed by atoms with Crippen LogP contribution in [0.25, 0.3) is 0 Å². The minimum Gasteiger partial charge on any atom is -0.352 e. The highest BCUT2D eigenvalue weighted by Crippen LogP contribution is 2.34. The maximum atomic E-state index is 13.0. The lowest BCUT2D eigenvalue weighted by Gasteiger charge is -2.36. The van der Waals surface area contributed by atoms with E-state index in [1.165, 1.54) is 0 Å². The number of carbonyl (C=O) groups is 2. The first kappa shape index (κ1) is 23.4. The summed E-state index contributed by atoms with van der Waals surface area (Å²) in [7, 11) is 0. The Morgan fingerprint density at radius 1 is 1.15 bits per heavy atom. The van der Waals surface area contributed by atoms with E-state index in [1.54, 1.807) is 14.7 Å². The maximum absolute atomic E-state index is 13.0. The number of carbonyl (C=O) groups excluding carboxylic acids is 2. The highest BCUT2D eigenvalue weighted by molar-refractivity contribution is 6.33. The molecule has 2 aliphatic heterocycles. The number of anilines is 1. The van der Waals surface area contributed by atoms with Gasteiger partial charge in [0.1, 0.15) is 5.82 Å². The Morgan fingerprint density at radius 2 is 1.82 bits per heavy atom. The van der Waals surface area contributed by atoms with Crippen LogP contribution >= 0.6 is 11.6 Å². The molecule has 2 aliphatic rings. The van der Waals surface area contributed by atoms with E-state index in [0.717, 1.165) is 23.4 Å². The monoisotopic (exact) mass is 480 g/mol. The summed E-state index contributed by atoms with van der Waals surface area (Å²) in [5.74, 6) is -0.214. The number of benzene rings is 1. The molecule has 10 heteroatoms. The molecule has 1 atom stereocenters. The third kappa shape index (κ3) is 5.24. The number of aromatic nitrogens is 1. The molecule has 1 aromatic heterocycles. The topological polar surface area (TPSA) is 56.8 Å². The third-order valence-electron chi connectivity index (χ3n) is 6.10. The molecule has 0 radical (unpaired) electrons. The number of likely N-dealkylation sites (tertiary alicyclic amines) is 1. The molecule has 2 aromatic rings. The van der Waals surface area contributed by atoms with Crippen molar-refractivity contribution in [1.29, 1.82) is 0 Å². The predicted molar refractivity (Wildman–Crippen MR) is 118 cm³/mol. The first-order chi connectivity index (χ1) is 15.6. The molecule has 2 saturated heterocycles. The van der Waals surface area contributed by atoms with Crippen molar-refractivity contribution in [2.45, 2.75) is 26.1 Å². The lowest BCUT2D eigenvalue weighted by Crippen LogP contribution is -2.51. The van der Waals surface area contributed by atoms with Crippen LogP contribution in [0.3, 0.4) is 0 Å². The molecule has 176 valence electrons. The number of rotatable bonds is 4. The lowest BCUT2D eigenvalue weighted by molar-refractivity contribution is -0.138. The maximum Gasteiger partial charge on any atom is 0.417 e. The molecule has 0 bridgehead atoms. The van der Waals surface area contributed by atoms with E-state index in [1.807, 2.05) is 31.2 Å². The molecule has 0 unspecified atom stereocenters. The average Bonchev–Trinajstić information content (AvgIpc) is 3.14. The molecule has 0 spiro atoms. The van der Waals surface area contributed by atoms with Crippen LogP contribution in [0.5, 0.6) is 0 Å². The lowest BCUT2D eigenvalue weighted by atomic mass is 10.1. The van der Waals surface area contributed by atoms with Crippen molar-refractivity contribution in [3.05, 3.63) is 58.2 Å². The van der Waals surface area contributed by atoms with Gasteiger partial charge in [-0.15, -0.1) is 0 Å². The molecule has 0 aliphatic carbocycles. The molecule has 0 saturated carbocycles. The number of amides is 2. The molecule has 33 heavy (non-hydrogen) atoms. The smallest absolute Gasteiger partial charge is 0.352 e. The van der Waals surface area contributed by atoms with Crippen LogP contribution in [-0.2, 0) is 22.3 Å². The Balaban J connectivity index is 1.33.